The number of hydrogen-bond donors (Lipinski definition) is 2. The van der Waals surface area contributed by atoms with Crippen LogP contribution in [0.2, 0.25) is 0 Å². The van der Waals surface area contributed by atoms with Crippen molar-refractivity contribution in [2.24, 2.45) is 0 Å². The van der Waals surface area contributed by atoms with Gasteiger partial charge in [-0.15, -0.1) is 0 Å². The van der Waals surface area contributed by atoms with Crippen molar-refractivity contribution in [2.75, 3.05) is 6.54 Å². The number of imide groups is 1. The van der Waals surface area contributed by atoms with Crippen LogP contribution in [0.1, 0.15) is 13.8 Å². The van der Waals surface area contributed by atoms with E-state index in [-0.39, 0.29) is 0 Å². The molecule has 0 spiro atoms. The first-order valence-corrected chi connectivity index (χ1v) is 6.36. The van der Waals surface area contributed by atoms with Crippen molar-refractivity contribution in [3.8, 4) is 0 Å². The Hall–Kier alpha value is -1.76. The van der Waals surface area contributed by atoms with Crippen LogP contribution in [-0.4, -0.2) is 23.7 Å². The number of rotatable bonds is 4. The molecule has 1 heterocycles. The summed E-state index contributed by atoms with van der Waals surface area (Å²) in [7, 11) is 0. The molecule has 0 saturated heterocycles. The zero-order chi connectivity index (χ0) is 13.5. The molecule has 6 nitrogen and oxygen atoms in total. The van der Waals surface area contributed by atoms with Crippen LogP contribution in [0.3, 0.4) is 0 Å². The van der Waals surface area contributed by atoms with E-state index in [2.05, 4.69) is 10.6 Å². The third kappa shape index (κ3) is 4.25. The molecule has 1 unspecified atom stereocenters. The Bertz CT molecular complexity index is 439. The average molecular weight is 269 g/mol. The van der Waals surface area contributed by atoms with E-state index in [1.807, 2.05) is 0 Å². The average Bonchev–Trinajstić information content (AvgIpc) is 2.32. The molecular weight excluding hydrogens is 254 g/mol. The maximum absolute atomic E-state index is 11.6. The number of nitrogens with one attached hydrogen (secondary N) is 2. The van der Waals surface area contributed by atoms with Gasteiger partial charge < -0.3 is 10.5 Å². The van der Waals surface area contributed by atoms with Gasteiger partial charge in [-0.1, -0.05) is 0 Å². The lowest BCUT2D eigenvalue weighted by Gasteiger charge is -2.10. The molecule has 0 aromatic carbocycles. The molecule has 1 aromatic rings. The Morgan fingerprint density at radius 1 is 1.50 bits per heavy atom. The number of pyridine rings is 1. The summed E-state index contributed by atoms with van der Waals surface area (Å²) in [4.78, 5) is 22.8. The summed E-state index contributed by atoms with van der Waals surface area (Å²) in [5.74, 6) is -0.435. The molecular formula is C11H15N3O3S. The number of carbonyl (C=O) groups is 2. The molecule has 1 rings (SSSR count). The summed E-state index contributed by atoms with van der Waals surface area (Å²) in [5, 5.41) is 15.9. The van der Waals surface area contributed by atoms with Crippen LogP contribution in [0.4, 0.5) is 4.79 Å². The summed E-state index contributed by atoms with van der Waals surface area (Å²) in [6, 6.07) is 4.41. The van der Waals surface area contributed by atoms with Gasteiger partial charge in [0.25, 0.3) is 5.03 Å². The maximum atomic E-state index is 11.6. The van der Waals surface area contributed by atoms with Crippen molar-refractivity contribution < 1.29 is 14.3 Å². The number of amides is 3. The van der Waals surface area contributed by atoms with Gasteiger partial charge in [-0.25, -0.2) is 4.79 Å². The van der Waals surface area contributed by atoms with Gasteiger partial charge in [0, 0.05) is 18.7 Å². The third-order valence-electron chi connectivity index (χ3n) is 2.03. The van der Waals surface area contributed by atoms with Gasteiger partial charge >= 0.3 is 6.03 Å². The van der Waals surface area contributed by atoms with Crippen molar-refractivity contribution >= 4 is 23.7 Å². The van der Waals surface area contributed by atoms with E-state index in [9.17, 15) is 14.8 Å². The van der Waals surface area contributed by atoms with Crippen LogP contribution in [0, 0.1) is 5.21 Å². The summed E-state index contributed by atoms with van der Waals surface area (Å²) in [6.07, 6.45) is 1.36. The SMILES string of the molecule is CCNC(=O)NC(=O)C(C)Sc1cccc[n+]1[O-]. The van der Waals surface area contributed by atoms with Gasteiger partial charge in [0.15, 0.2) is 6.20 Å². The first kappa shape index (κ1) is 14.3. The Morgan fingerprint density at radius 2 is 2.22 bits per heavy atom. The fraction of sp³-hybridized carbons (Fsp3) is 0.364. The third-order valence-corrected chi connectivity index (χ3v) is 3.15. The minimum absolute atomic E-state index is 0.413. The molecule has 7 heteroatoms. The molecule has 18 heavy (non-hydrogen) atoms. The van der Waals surface area contributed by atoms with Crippen molar-refractivity contribution in [2.45, 2.75) is 24.1 Å². The van der Waals surface area contributed by atoms with Crippen LogP contribution < -0.4 is 15.4 Å². The van der Waals surface area contributed by atoms with E-state index >= 15 is 0 Å². The second kappa shape index (κ2) is 6.85. The van der Waals surface area contributed by atoms with Gasteiger partial charge in [-0.05, 0) is 31.7 Å². The fourth-order valence-corrected chi connectivity index (χ4v) is 2.01. The van der Waals surface area contributed by atoms with E-state index in [4.69, 9.17) is 0 Å². The van der Waals surface area contributed by atoms with Gasteiger partial charge in [0.05, 0.1) is 5.25 Å². The Labute approximate surface area is 109 Å². The lowest BCUT2D eigenvalue weighted by molar-refractivity contribution is -0.645. The molecule has 0 radical (unpaired) electrons. The normalized spacial score (nSPS) is 11.7. The van der Waals surface area contributed by atoms with Gasteiger partial charge in [-0.2, -0.15) is 4.73 Å². The number of thioether (sulfide) groups is 1. The van der Waals surface area contributed by atoms with Gasteiger partial charge in [0.2, 0.25) is 5.91 Å². The van der Waals surface area contributed by atoms with Crippen LogP contribution in [0.25, 0.3) is 0 Å². The molecule has 1 atom stereocenters. The molecule has 0 aliphatic heterocycles. The molecule has 1 aromatic heterocycles. The minimum atomic E-state index is -0.532. The predicted octanol–water partition coefficient (Wildman–Crippen LogP) is 0.646. The Kier molecular flexibility index (Phi) is 5.44. The fourth-order valence-electron chi connectivity index (χ4n) is 1.16. The van der Waals surface area contributed by atoms with Crippen LogP contribution >= 0.6 is 11.8 Å². The van der Waals surface area contributed by atoms with E-state index in [1.54, 1.807) is 32.0 Å². The highest BCUT2D eigenvalue weighted by Gasteiger charge is 2.20. The van der Waals surface area contributed by atoms with Crippen LogP contribution in [-0.2, 0) is 4.79 Å². The Morgan fingerprint density at radius 3 is 2.83 bits per heavy atom. The quantitative estimate of drug-likeness (QED) is 0.477. The van der Waals surface area contributed by atoms with Crippen molar-refractivity contribution in [3.63, 3.8) is 0 Å². The zero-order valence-corrected chi connectivity index (χ0v) is 11.0. The van der Waals surface area contributed by atoms with Crippen molar-refractivity contribution in [1.82, 2.24) is 10.6 Å². The second-order valence-corrected chi connectivity index (χ2v) is 4.83. The molecule has 98 valence electrons. The molecule has 0 saturated carbocycles. The molecule has 0 bridgehead atoms. The van der Waals surface area contributed by atoms with E-state index < -0.39 is 17.2 Å². The smallest absolute Gasteiger partial charge is 0.321 e. The monoisotopic (exact) mass is 269 g/mol. The molecule has 0 aliphatic rings. The van der Waals surface area contributed by atoms with Crippen molar-refractivity contribution in [3.05, 3.63) is 29.6 Å². The number of aromatic nitrogens is 1. The summed E-state index contributed by atoms with van der Waals surface area (Å²) >= 11 is 1.10. The first-order chi connectivity index (χ1) is 8.54. The van der Waals surface area contributed by atoms with Crippen LogP contribution in [0.5, 0.6) is 0 Å². The molecule has 3 amide bonds. The summed E-state index contributed by atoms with van der Waals surface area (Å²) < 4.78 is 0.681. The molecule has 2 N–H and O–H groups in total. The van der Waals surface area contributed by atoms with E-state index in [0.29, 0.717) is 16.3 Å². The van der Waals surface area contributed by atoms with Crippen molar-refractivity contribution in [1.29, 1.82) is 0 Å². The number of nitrogens with zero attached hydrogens (tertiary/aromatic N) is 1. The highest BCUT2D eigenvalue weighted by molar-refractivity contribution is 8.00. The lowest BCUT2D eigenvalue weighted by Crippen LogP contribution is -2.43. The standard InChI is InChI=1S/C11H15N3O3S/c1-3-12-11(16)13-10(15)8(2)18-9-6-4-5-7-14(9)17/h4-8H,3H2,1-2H3,(H2,12,13,15,16). The largest absolute Gasteiger partial charge is 0.618 e. The number of urea groups is 1. The van der Waals surface area contributed by atoms with E-state index in [1.165, 1.54) is 6.20 Å². The lowest BCUT2D eigenvalue weighted by atomic mass is 10.4. The first-order valence-electron chi connectivity index (χ1n) is 5.48. The topological polar surface area (TPSA) is 85.1 Å². The zero-order valence-electron chi connectivity index (χ0n) is 10.2. The molecule has 0 fully saturated rings. The maximum Gasteiger partial charge on any atom is 0.321 e. The Balaban J connectivity index is 2.55. The summed E-state index contributed by atoms with van der Waals surface area (Å²) in [5.41, 5.74) is 0. The van der Waals surface area contributed by atoms with Gasteiger partial charge in [0.1, 0.15) is 0 Å². The van der Waals surface area contributed by atoms with Gasteiger partial charge in [-0.3, -0.25) is 10.1 Å². The molecule has 0 aliphatic carbocycles. The number of hydrogen-bond acceptors (Lipinski definition) is 4. The highest BCUT2D eigenvalue weighted by Crippen LogP contribution is 2.19. The highest BCUT2D eigenvalue weighted by atomic mass is 32.2. The van der Waals surface area contributed by atoms with E-state index in [0.717, 1.165) is 11.8 Å². The second-order valence-electron chi connectivity index (χ2n) is 3.47. The predicted molar refractivity (Wildman–Crippen MR) is 67.9 cm³/mol. The minimum Gasteiger partial charge on any atom is -0.618 e. The summed E-state index contributed by atoms with van der Waals surface area (Å²) in [6.45, 7) is 3.83. The number of carbonyl (C=O) groups excluding carboxylic acids is 2. The van der Waals surface area contributed by atoms with Crippen LogP contribution in [0.15, 0.2) is 29.4 Å².